The molecule has 0 heterocycles. The van der Waals surface area contributed by atoms with Gasteiger partial charge >= 0.3 is 0 Å². The van der Waals surface area contributed by atoms with Crippen LogP contribution in [0.15, 0.2) is 36.4 Å². The van der Waals surface area contributed by atoms with Crippen LogP contribution in [-0.4, -0.2) is 0 Å². The fourth-order valence-electron chi connectivity index (χ4n) is 1.57. The van der Waals surface area contributed by atoms with Gasteiger partial charge in [0, 0.05) is 6.54 Å². The molecule has 0 saturated carbocycles. The van der Waals surface area contributed by atoms with Crippen molar-refractivity contribution in [2.45, 2.75) is 13.5 Å². The minimum Gasteiger partial charge on any atom is -0.379 e. The number of benzene rings is 2. The minimum absolute atomic E-state index is 0.0468. The van der Waals surface area contributed by atoms with Crippen LogP contribution in [0.4, 0.5) is 18.9 Å². The SMILES string of the molecule is Cc1ccc(CNc2ccc(F)c(F)c2F)cc1. The monoisotopic (exact) mass is 251 g/mol. The number of hydrogen-bond acceptors (Lipinski definition) is 1. The van der Waals surface area contributed by atoms with Crippen LogP contribution < -0.4 is 5.32 Å². The Hall–Kier alpha value is -1.97. The Bertz CT molecular complexity index is 550. The zero-order valence-corrected chi connectivity index (χ0v) is 9.81. The molecule has 2 aromatic carbocycles. The van der Waals surface area contributed by atoms with E-state index in [-0.39, 0.29) is 5.69 Å². The summed E-state index contributed by atoms with van der Waals surface area (Å²) in [6, 6.07) is 9.72. The third kappa shape index (κ3) is 2.64. The lowest BCUT2D eigenvalue weighted by molar-refractivity contribution is 0.449. The standard InChI is InChI=1S/C14H12F3N/c1-9-2-4-10(5-3-9)8-18-12-7-6-11(15)13(16)14(12)17/h2-7,18H,8H2,1H3. The first kappa shape index (κ1) is 12.5. The van der Waals surface area contributed by atoms with Gasteiger partial charge in [0.1, 0.15) is 0 Å². The Morgan fingerprint density at radius 3 is 2.22 bits per heavy atom. The second-order valence-electron chi connectivity index (χ2n) is 4.06. The molecule has 1 N–H and O–H groups in total. The highest BCUT2D eigenvalue weighted by Crippen LogP contribution is 2.20. The van der Waals surface area contributed by atoms with Gasteiger partial charge in [-0.3, -0.25) is 0 Å². The summed E-state index contributed by atoms with van der Waals surface area (Å²) in [5.41, 5.74) is 2.01. The van der Waals surface area contributed by atoms with Crippen LogP contribution in [0.1, 0.15) is 11.1 Å². The average molecular weight is 251 g/mol. The van der Waals surface area contributed by atoms with Crippen molar-refractivity contribution < 1.29 is 13.2 Å². The van der Waals surface area contributed by atoms with Crippen LogP contribution in [-0.2, 0) is 6.54 Å². The van der Waals surface area contributed by atoms with Gasteiger partial charge in [-0.25, -0.2) is 13.2 Å². The number of anilines is 1. The van der Waals surface area contributed by atoms with Crippen molar-refractivity contribution in [3.63, 3.8) is 0 Å². The minimum atomic E-state index is -1.45. The van der Waals surface area contributed by atoms with E-state index in [2.05, 4.69) is 5.32 Å². The Morgan fingerprint density at radius 1 is 0.889 bits per heavy atom. The molecule has 0 spiro atoms. The molecule has 0 bridgehead atoms. The lowest BCUT2D eigenvalue weighted by Crippen LogP contribution is -2.03. The number of hydrogen-bond donors (Lipinski definition) is 1. The first-order valence-corrected chi connectivity index (χ1v) is 5.51. The fourth-order valence-corrected chi connectivity index (χ4v) is 1.57. The molecule has 0 amide bonds. The van der Waals surface area contributed by atoms with E-state index in [0.717, 1.165) is 17.2 Å². The molecule has 4 heteroatoms. The fraction of sp³-hybridized carbons (Fsp3) is 0.143. The summed E-state index contributed by atoms with van der Waals surface area (Å²) >= 11 is 0. The lowest BCUT2D eigenvalue weighted by Gasteiger charge is -2.08. The number of aryl methyl sites for hydroxylation is 1. The molecule has 0 aromatic heterocycles. The van der Waals surface area contributed by atoms with Crippen molar-refractivity contribution in [1.82, 2.24) is 0 Å². The van der Waals surface area contributed by atoms with Crippen LogP contribution in [0.2, 0.25) is 0 Å². The summed E-state index contributed by atoms with van der Waals surface area (Å²) in [4.78, 5) is 0. The van der Waals surface area contributed by atoms with Gasteiger partial charge in [-0.2, -0.15) is 0 Å². The molecule has 0 aliphatic heterocycles. The maximum atomic E-state index is 13.4. The summed E-state index contributed by atoms with van der Waals surface area (Å²) in [7, 11) is 0. The molecule has 2 aromatic rings. The van der Waals surface area contributed by atoms with E-state index in [9.17, 15) is 13.2 Å². The number of nitrogens with one attached hydrogen (secondary N) is 1. The Labute approximate surface area is 103 Å². The molecular formula is C14H12F3N. The molecule has 2 rings (SSSR count). The highest BCUT2D eigenvalue weighted by molar-refractivity contribution is 5.46. The molecule has 0 saturated heterocycles. The number of rotatable bonds is 3. The normalized spacial score (nSPS) is 10.4. The highest BCUT2D eigenvalue weighted by atomic mass is 19.2. The summed E-state index contributed by atoms with van der Waals surface area (Å²) in [6.07, 6.45) is 0. The third-order valence-electron chi connectivity index (χ3n) is 2.64. The van der Waals surface area contributed by atoms with E-state index >= 15 is 0 Å². The van der Waals surface area contributed by atoms with Gasteiger partial charge in [0.25, 0.3) is 0 Å². The molecule has 18 heavy (non-hydrogen) atoms. The second-order valence-corrected chi connectivity index (χ2v) is 4.06. The summed E-state index contributed by atoms with van der Waals surface area (Å²) < 4.78 is 39.1. The Morgan fingerprint density at radius 2 is 1.56 bits per heavy atom. The average Bonchev–Trinajstić information content (AvgIpc) is 2.37. The largest absolute Gasteiger partial charge is 0.379 e. The van der Waals surface area contributed by atoms with Crippen molar-refractivity contribution in [3.8, 4) is 0 Å². The van der Waals surface area contributed by atoms with Crippen molar-refractivity contribution >= 4 is 5.69 Å². The first-order valence-electron chi connectivity index (χ1n) is 5.51. The lowest BCUT2D eigenvalue weighted by atomic mass is 10.1. The molecule has 0 fully saturated rings. The molecule has 0 aliphatic carbocycles. The van der Waals surface area contributed by atoms with Crippen LogP contribution in [0.5, 0.6) is 0 Å². The predicted molar refractivity (Wildman–Crippen MR) is 64.8 cm³/mol. The van der Waals surface area contributed by atoms with Gasteiger partial charge in [-0.05, 0) is 24.6 Å². The molecule has 0 atom stereocenters. The first-order chi connectivity index (χ1) is 8.58. The van der Waals surface area contributed by atoms with Gasteiger partial charge in [0.15, 0.2) is 17.5 Å². The molecule has 1 nitrogen and oxygen atoms in total. The molecule has 0 aliphatic rings. The molecule has 94 valence electrons. The van der Waals surface area contributed by atoms with Gasteiger partial charge < -0.3 is 5.32 Å². The van der Waals surface area contributed by atoms with Crippen LogP contribution in [0.3, 0.4) is 0 Å². The highest BCUT2D eigenvalue weighted by Gasteiger charge is 2.12. The van der Waals surface area contributed by atoms with E-state index in [1.54, 1.807) is 0 Å². The van der Waals surface area contributed by atoms with Gasteiger partial charge in [0.05, 0.1) is 5.69 Å². The van der Waals surface area contributed by atoms with E-state index in [0.29, 0.717) is 6.54 Å². The molecule has 0 unspecified atom stereocenters. The van der Waals surface area contributed by atoms with Crippen molar-refractivity contribution in [2.24, 2.45) is 0 Å². The maximum absolute atomic E-state index is 13.4. The van der Waals surface area contributed by atoms with Crippen LogP contribution >= 0.6 is 0 Å². The van der Waals surface area contributed by atoms with E-state index in [1.165, 1.54) is 6.07 Å². The quantitative estimate of drug-likeness (QED) is 0.812. The maximum Gasteiger partial charge on any atom is 0.196 e. The van der Waals surface area contributed by atoms with Crippen molar-refractivity contribution in [1.29, 1.82) is 0 Å². The predicted octanol–water partition coefficient (Wildman–Crippen LogP) is 4.02. The zero-order valence-electron chi connectivity index (χ0n) is 9.81. The summed E-state index contributed by atoms with van der Waals surface area (Å²) in [5, 5.41) is 2.74. The van der Waals surface area contributed by atoms with E-state index < -0.39 is 17.5 Å². The summed E-state index contributed by atoms with van der Waals surface area (Å²) in [5.74, 6) is -3.83. The third-order valence-corrected chi connectivity index (χ3v) is 2.64. The Balaban J connectivity index is 2.11. The second kappa shape index (κ2) is 5.12. The van der Waals surface area contributed by atoms with Crippen molar-refractivity contribution in [3.05, 3.63) is 65.0 Å². The molecular weight excluding hydrogens is 239 g/mol. The molecule has 0 radical (unpaired) electrons. The van der Waals surface area contributed by atoms with Gasteiger partial charge in [-0.1, -0.05) is 29.8 Å². The van der Waals surface area contributed by atoms with Crippen LogP contribution in [0.25, 0.3) is 0 Å². The van der Waals surface area contributed by atoms with Crippen LogP contribution in [0, 0.1) is 24.4 Å². The summed E-state index contributed by atoms with van der Waals surface area (Å²) in [6.45, 7) is 2.31. The topological polar surface area (TPSA) is 12.0 Å². The number of halogens is 3. The zero-order chi connectivity index (χ0) is 13.1. The Kier molecular flexibility index (Phi) is 3.55. The van der Waals surface area contributed by atoms with Gasteiger partial charge in [-0.15, -0.1) is 0 Å². The smallest absolute Gasteiger partial charge is 0.196 e. The van der Waals surface area contributed by atoms with Crippen molar-refractivity contribution in [2.75, 3.05) is 5.32 Å². The van der Waals surface area contributed by atoms with E-state index in [4.69, 9.17) is 0 Å². The van der Waals surface area contributed by atoms with Gasteiger partial charge in [0.2, 0.25) is 0 Å². The van der Waals surface area contributed by atoms with E-state index in [1.807, 2.05) is 31.2 Å².